The van der Waals surface area contributed by atoms with E-state index in [9.17, 15) is 13.2 Å². The fraction of sp³-hybridized carbons (Fsp3) is 0.200. The molecule has 0 bridgehead atoms. The third-order valence-corrected chi connectivity index (χ3v) is 5.91. The molecule has 0 N–H and O–H groups in total. The van der Waals surface area contributed by atoms with Crippen LogP contribution in [0, 0.1) is 13.8 Å². The van der Waals surface area contributed by atoms with Crippen molar-refractivity contribution in [1.29, 1.82) is 0 Å². The summed E-state index contributed by atoms with van der Waals surface area (Å²) in [5.74, 6) is -4.15. The topological polar surface area (TPSA) is 0 Å². The largest absolute Gasteiger partial charge is 0.367 e. The Morgan fingerprint density at radius 1 is 0.684 bits per heavy atom. The Hall–Kier alpha value is -1.55. The predicted octanol–water partition coefficient (Wildman–Crippen LogP) is 2.75. The van der Waals surface area contributed by atoms with Crippen LogP contribution in [0.3, 0.4) is 0 Å². The molecule has 0 spiro atoms. The summed E-state index contributed by atoms with van der Waals surface area (Å²) in [6.45, 7) is 3.75. The molecule has 0 aliphatic heterocycles. The molecule has 0 fully saturated rings. The summed E-state index contributed by atoms with van der Waals surface area (Å²) in [7, 11) is -3.18. The lowest BCUT2D eigenvalue weighted by atomic mass is 10.2. The Kier molecular flexibility index (Phi) is 3.80. The molecule has 100 valence electrons. The second-order valence-electron chi connectivity index (χ2n) is 4.80. The highest BCUT2D eigenvalue weighted by Crippen LogP contribution is 2.19. The Bertz CT molecular complexity index is 496. The lowest BCUT2D eigenvalue weighted by Gasteiger charge is -2.20. The van der Waals surface area contributed by atoms with E-state index in [0.29, 0.717) is 10.4 Å². The summed E-state index contributed by atoms with van der Waals surface area (Å²) in [5.41, 5.74) is 1.95. The maximum Gasteiger partial charge on any atom is 0.367 e. The van der Waals surface area contributed by atoms with Crippen molar-refractivity contribution in [1.82, 2.24) is 0 Å². The standard InChI is InChI=1S/C15H15F3Si/c1-11-3-7-13(8-4-11)19(15(16,17)18)14-9-5-12(2)6-10-14/h3-10,19H,1-2H3. The van der Waals surface area contributed by atoms with Crippen LogP contribution in [-0.2, 0) is 0 Å². The van der Waals surface area contributed by atoms with E-state index in [4.69, 9.17) is 0 Å². The molecule has 0 saturated carbocycles. The normalized spacial score (nSPS) is 11.9. The first-order valence-corrected chi connectivity index (χ1v) is 7.81. The average Bonchev–Trinajstić information content (AvgIpc) is 2.33. The SMILES string of the molecule is Cc1ccc([SiH](c2ccc(C)cc2)C(F)(F)F)cc1. The smallest absolute Gasteiger partial charge is 0.176 e. The van der Waals surface area contributed by atoms with Crippen molar-refractivity contribution in [2.45, 2.75) is 19.6 Å². The van der Waals surface area contributed by atoms with Gasteiger partial charge in [0.2, 0.25) is 8.80 Å². The van der Waals surface area contributed by atoms with Gasteiger partial charge in [0.25, 0.3) is 0 Å². The van der Waals surface area contributed by atoms with Gasteiger partial charge in [-0.25, -0.2) is 0 Å². The van der Waals surface area contributed by atoms with Crippen molar-refractivity contribution in [3.05, 3.63) is 59.7 Å². The van der Waals surface area contributed by atoms with Crippen LogP contribution in [-0.4, -0.2) is 14.6 Å². The molecule has 0 nitrogen and oxygen atoms in total. The monoisotopic (exact) mass is 280 g/mol. The minimum absolute atomic E-state index is 0.418. The number of hydrogen-bond donors (Lipinski definition) is 0. The zero-order valence-corrected chi connectivity index (χ0v) is 12.0. The van der Waals surface area contributed by atoms with Crippen molar-refractivity contribution in [3.63, 3.8) is 0 Å². The molecule has 0 aromatic heterocycles. The minimum Gasteiger partial charge on any atom is -0.176 e. The quantitative estimate of drug-likeness (QED) is 0.742. The van der Waals surface area contributed by atoms with Gasteiger partial charge in [-0.1, -0.05) is 59.7 Å². The summed E-state index contributed by atoms with van der Waals surface area (Å²) in [6, 6.07) is 13.4. The van der Waals surface area contributed by atoms with Gasteiger partial charge in [-0.2, -0.15) is 13.2 Å². The van der Waals surface area contributed by atoms with E-state index >= 15 is 0 Å². The van der Waals surface area contributed by atoms with Gasteiger partial charge < -0.3 is 0 Å². The molecular weight excluding hydrogens is 265 g/mol. The van der Waals surface area contributed by atoms with Gasteiger partial charge in [-0.05, 0) is 24.2 Å². The lowest BCUT2D eigenvalue weighted by molar-refractivity contribution is -0.0483. The summed E-state index contributed by atoms with van der Waals surface area (Å²) in [5, 5.41) is 0.837. The molecule has 0 aliphatic rings. The van der Waals surface area contributed by atoms with Gasteiger partial charge in [0.1, 0.15) is 0 Å². The number of alkyl halides is 3. The fourth-order valence-corrected chi connectivity index (χ4v) is 4.38. The Labute approximate surface area is 112 Å². The Morgan fingerprint density at radius 3 is 1.26 bits per heavy atom. The zero-order valence-electron chi connectivity index (χ0n) is 10.8. The molecule has 0 unspecified atom stereocenters. The molecule has 4 heteroatoms. The van der Waals surface area contributed by atoms with Crippen molar-refractivity contribution in [3.8, 4) is 0 Å². The van der Waals surface area contributed by atoms with Crippen molar-refractivity contribution >= 4 is 19.2 Å². The van der Waals surface area contributed by atoms with Gasteiger partial charge in [-0.15, -0.1) is 0 Å². The molecule has 0 amide bonds. The van der Waals surface area contributed by atoms with Crippen molar-refractivity contribution in [2.24, 2.45) is 0 Å². The number of aryl methyl sites for hydroxylation is 2. The van der Waals surface area contributed by atoms with E-state index in [1.807, 2.05) is 13.8 Å². The van der Waals surface area contributed by atoms with Crippen LogP contribution in [0.5, 0.6) is 0 Å². The van der Waals surface area contributed by atoms with Crippen LogP contribution in [0.2, 0.25) is 0 Å². The number of hydrogen-bond acceptors (Lipinski definition) is 0. The summed E-state index contributed by atoms with van der Waals surface area (Å²) < 4.78 is 40.1. The maximum absolute atomic E-state index is 13.4. The molecule has 2 aromatic rings. The number of benzene rings is 2. The highest BCUT2D eigenvalue weighted by Gasteiger charge is 2.43. The molecule has 2 aromatic carbocycles. The fourth-order valence-electron chi connectivity index (χ4n) is 2.09. The van der Waals surface area contributed by atoms with E-state index in [1.165, 1.54) is 0 Å². The molecule has 0 radical (unpaired) electrons. The van der Waals surface area contributed by atoms with E-state index in [1.54, 1.807) is 48.5 Å². The van der Waals surface area contributed by atoms with Crippen molar-refractivity contribution < 1.29 is 13.2 Å². The van der Waals surface area contributed by atoms with Crippen LogP contribution in [0.15, 0.2) is 48.5 Å². The number of rotatable bonds is 2. The third kappa shape index (κ3) is 3.26. The molecular formula is C15H15F3Si. The highest BCUT2D eigenvalue weighted by atomic mass is 28.3. The molecule has 0 atom stereocenters. The maximum atomic E-state index is 13.4. The van der Waals surface area contributed by atoms with Crippen LogP contribution in [0.25, 0.3) is 0 Å². The summed E-state index contributed by atoms with van der Waals surface area (Å²) in [4.78, 5) is 0. The van der Waals surface area contributed by atoms with Gasteiger partial charge in [0.15, 0.2) is 0 Å². The van der Waals surface area contributed by atoms with Crippen LogP contribution in [0.4, 0.5) is 13.2 Å². The van der Waals surface area contributed by atoms with Crippen LogP contribution in [0.1, 0.15) is 11.1 Å². The van der Waals surface area contributed by atoms with E-state index < -0.39 is 14.6 Å². The first-order valence-electron chi connectivity index (χ1n) is 6.08. The molecule has 0 heterocycles. The van der Waals surface area contributed by atoms with Crippen LogP contribution < -0.4 is 10.4 Å². The average molecular weight is 280 g/mol. The molecule has 19 heavy (non-hydrogen) atoms. The number of halogens is 3. The Balaban J connectivity index is 2.47. The zero-order chi connectivity index (χ0) is 14.0. The molecule has 0 saturated heterocycles. The van der Waals surface area contributed by atoms with E-state index in [0.717, 1.165) is 11.1 Å². The van der Waals surface area contributed by atoms with E-state index in [-0.39, 0.29) is 0 Å². The second kappa shape index (κ2) is 5.21. The van der Waals surface area contributed by atoms with Crippen LogP contribution >= 0.6 is 0 Å². The summed E-state index contributed by atoms with van der Waals surface area (Å²) in [6.07, 6.45) is 0. The second-order valence-corrected chi connectivity index (χ2v) is 7.65. The van der Waals surface area contributed by atoms with E-state index in [2.05, 4.69) is 0 Å². The first-order chi connectivity index (χ1) is 8.88. The third-order valence-electron chi connectivity index (χ3n) is 3.15. The van der Waals surface area contributed by atoms with Gasteiger partial charge in [-0.3, -0.25) is 0 Å². The van der Waals surface area contributed by atoms with Gasteiger partial charge in [0.05, 0.1) is 0 Å². The molecule has 2 rings (SSSR count). The lowest BCUT2D eigenvalue weighted by Crippen LogP contribution is -2.54. The molecule has 0 aliphatic carbocycles. The predicted molar refractivity (Wildman–Crippen MR) is 74.8 cm³/mol. The van der Waals surface area contributed by atoms with Gasteiger partial charge in [0, 0.05) is 0 Å². The minimum atomic E-state index is -4.15. The summed E-state index contributed by atoms with van der Waals surface area (Å²) >= 11 is 0. The van der Waals surface area contributed by atoms with Crippen molar-refractivity contribution in [2.75, 3.05) is 0 Å². The Morgan fingerprint density at radius 2 is 1.00 bits per heavy atom. The first kappa shape index (κ1) is 13.9. The highest BCUT2D eigenvalue weighted by molar-refractivity contribution is 6.86. The van der Waals surface area contributed by atoms with Gasteiger partial charge >= 0.3 is 5.80 Å².